The number of rotatable bonds is 5. The predicted molar refractivity (Wildman–Crippen MR) is 75.6 cm³/mol. The Hall–Kier alpha value is -1.58. The summed E-state index contributed by atoms with van der Waals surface area (Å²) >= 11 is 0. The Bertz CT molecular complexity index is 507. The van der Waals surface area contributed by atoms with E-state index in [0.717, 1.165) is 44.5 Å². The van der Waals surface area contributed by atoms with Crippen LogP contribution >= 0.6 is 0 Å². The molecule has 1 atom stereocenters. The molecule has 0 aromatic heterocycles. The number of carbonyl (C=O) groups is 1. The molecule has 0 bridgehead atoms. The van der Waals surface area contributed by atoms with Gasteiger partial charge in [-0.1, -0.05) is 6.07 Å². The van der Waals surface area contributed by atoms with E-state index in [4.69, 9.17) is 5.11 Å². The smallest absolute Gasteiger partial charge is 0.303 e. The second kappa shape index (κ2) is 5.43. The topological polar surface area (TPSA) is 40.5 Å². The first-order valence-electron chi connectivity index (χ1n) is 7.42. The van der Waals surface area contributed by atoms with Crippen LogP contribution in [0.4, 0.5) is 10.1 Å². The fourth-order valence-electron chi connectivity index (χ4n) is 3.32. The Morgan fingerprint density at radius 1 is 1.35 bits per heavy atom. The average molecular weight is 277 g/mol. The van der Waals surface area contributed by atoms with E-state index in [1.807, 2.05) is 6.07 Å². The van der Waals surface area contributed by atoms with Gasteiger partial charge in [0.05, 0.1) is 6.42 Å². The lowest BCUT2D eigenvalue weighted by atomic mass is 9.89. The maximum absolute atomic E-state index is 14.4. The molecule has 0 radical (unpaired) electrons. The molecule has 2 aliphatic rings. The number of carboxylic acid groups (broad SMARTS) is 1. The number of aliphatic carboxylic acids is 1. The van der Waals surface area contributed by atoms with Gasteiger partial charge in [0.25, 0.3) is 0 Å². The van der Waals surface area contributed by atoms with E-state index in [1.165, 1.54) is 6.07 Å². The van der Waals surface area contributed by atoms with Crippen LogP contribution in [0, 0.1) is 11.7 Å². The number of benzene rings is 1. The third kappa shape index (κ3) is 2.65. The highest BCUT2D eigenvalue weighted by atomic mass is 19.1. The summed E-state index contributed by atoms with van der Waals surface area (Å²) in [7, 11) is 0. The summed E-state index contributed by atoms with van der Waals surface area (Å²) in [6.07, 6.45) is 4.33. The molecule has 1 heterocycles. The van der Waals surface area contributed by atoms with Gasteiger partial charge in [0.2, 0.25) is 0 Å². The lowest BCUT2D eigenvalue weighted by Gasteiger charge is -2.26. The SMILES string of the molecule is O=C(O)CC(c1c(F)cccc1N1CCCC1)C1CC1. The van der Waals surface area contributed by atoms with Gasteiger partial charge in [-0.3, -0.25) is 4.79 Å². The van der Waals surface area contributed by atoms with E-state index in [9.17, 15) is 9.18 Å². The maximum Gasteiger partial charge on any atom is 0.303 e. The Morgan fingerprint density at radius 3 is 2.65 bits per heavy atom. The van der Waals surface area contributed by atoms with Gasteiger partial charge >= 0.3 is 5.97 Å². The van der Waals surface area contributed by atoms with Crippen LogP contribution in [-0.2, 0) is 4.79 Å². The minimum absolute atomic E-state index is 0.0342. The van der Waals surface area contributed by atoms with Gasteiger partial charge in [0.1, 0.15) is 5.82 Å². The minimum atomic E-state index is -0.836. The van der Waals surface area contributed by atoms with Crippen LogP contribution in [0.25, 0.3) is 0 Å². The molecule has 4 heteroatoms. The van der Waals surface area contributed by atoms with Crippen molar-refractivity contribution < 1.29 is 14.3 Å². The minimum Gasteiger partial charge on any atom is -0.481 e. The van der Waals surface area contributed by atoms with Crippen LogP contribution in [0.2, 0.25) is 0 Å². The largest absolute Gasteiger partial charge is 0.481 e. The van der Waals surface area contributed by atoms with Crippen molar-refractivity contribution in [3.63, 3.8) is 0 Å². The zero-order valence-electron chi connectivity index (χ0n) is 11.5. The molecule has 1 aromatic carbocycles. The van der Waals surface area contributed by atoms with Crippen molar-refractivity contribution in [2.75, 3.05) is 18.0 Å². The van der Waals surface area contributed by atoms with Crippen molar-refractivity contribution in [3.8, 4) is 0 Å². The standard InChI is InChI=1S/C16H20FNO2/c17-13-4-3-5-14(18-8-1-2-9-18)16(13)12(10-15(19)20)11-6-7-11/h3-5,11-12H,1-2,6-10H2,(H,19,20). The Balaban J connectivity index is 1.98. The van der Waals surface area contributed by atoms with E-state index in [1.54, 1.807) is 6.07 Å². The van der Waals surface area contributed by atoms with Crippen molar-refractivity contribution in [1.82, 2.24) is 0 Å². The number of halogens is 1. The van der Waals surface area contributed by atoms with E-state index >= 15 is 0 Å². The number of carboxylic acids is 1. The fourth-order valence-corrected chi connectivity index (χ4v) is 3.32. The summed E-state index contributed by atoms with van der Waals surface area (Å²) in [5.41, 5.74) is 1.56. The summed E-state index contributed by atoms with van der Waals surface area (Å²) in [4.78, 5) is 13.3. The molecule has 0 spiro atoms. The van der Waals surface area contributed by atoms with E-state index in [2.05, 4.69) is 4.90 Å². The molecule has 1 aliphatic heterocycles. The molecule has 1 saturated heterocycles. The predicted octanol–water partition coefficient (Wildman–Crippen LogP) is 3.39. The number of hydrogen-bond donors (Lipinski definition) is 1. The lowest BCUT2D eigenvalue weighted by molar-refractivity contribution is -0.137. The molecule has 1 aromatic rings. The Morgan fingerprint density at radius 2 is 2.05 bits per heavy atom. The number of hydrogen-bond acceptors (Lipinski definition) is 2. The van der Waals surface area contributed by atoms with E-state index in [-0.39, 0.29) is 18.2 Å². The molecule has 1 aliphatic carbocycles. The summed E-state index contributed by atoms with van der Waals surface area (Å²) in [5.74, 6) is -0.918. The van der Waals surface area contributed by atoms with Crippen LogP contribution in [0.15, 0.2) is 18.2 Å². The van der Waals surface area contributed by atoms with Crippen molar-refractivity contribution in [2.24, 2.45) is 5.92 Å². The first-order valence-corrected chi connectivity index (χ1v) is 7.42. The summed E-state index contributed by atoms with van der Waals surface area (Å²) in [6, 6.07) is 5.14. The Kier molecular flexibility index (Phi) is 3.64. The van der Waals surface area contributed by atoms with Crippen molar-refractivity contribution in [3.05, 3.63) is 29.6 Å². The van der Waals surface area contributed by atoms with Gasteiger partial charge in [-0.15, -0.1) is 0 Å². The van der Waals surface area contributed by atoms with Gasteiger partial charge in [0, 0.05) is 30.3 Å². The molecule has 108 valence electrons. The van der Waals surface area contributed by atoms with Crippen LogP contribution in [0.5, 0.6) is 0 Å². The van der Waals surface area contributed by atoms with Gasteiger partial charge in [-0.2, -0.15) is 0 Å². The molecule has 1 N–H and O–H groups in total. The van der Waals surface area contributed by atoms with Crippen LogP contribution < -0.4 is 4.90 Å². The number of nitrogens with zero attached hydrogens (tertiary/aromatic N) is 1. The van der Waals surface area contributed by atoms with Gasteiger partial charge in [-0.25, -0.2) is 4.39 Å². The highest BCUT2D eigenvalue weighted by Crippen LogP contribution is 2.48. The first-order chi connectivity index (χ1) is 9.66. The van der Waals surface area contributed by atoms with Crippen molar-refractivity contribution >= 4 is 11.7 Å². The highest BCUT2D eigenvalue weighted by Gasteiger charge is 2.37. The molecule has 1 saturated carbocycles. The molecular weight excluding hydrogens is 257 g/mol. The Labute approximate surface area is 118 Å². The third-order valence-electron chi connectivity index (χ3n) is 4.43. The molecule has 3 nitrogen and oxygen atoms in total. The van der Waals surface area contributed by atoms with Crippen molar-refractivity contribution in [1.29, 1.82) is 0 Å². The zero-order valence-corrected chi connectivity index (χ0v) is 11.5. The quantitative estimate of drug-likeness (QED) is 0.896. The first kappa shape index (κ1) is 13.4. The molecule has 0 amide bonds. The van der Waals surface area contributed by atoms with Crippen LogP contribution in [0.1, 0.15) is 43.6 Å². The van der Waals surface area contributed by atoms with Gasteiger partial charge < -0.3 is 10.0 Å². The molecule has 2 fully saturated rings. The zero-order chi connectivity index (χ0) is 14.1. The molecular formula is C16H20FNO2. The second-order valence-electron chi connectivity index (χ2n) is 5.91. The molecule has 1 unspecified atom stereocenters. The lowest BCUT2D eigenvalue weighted by Crippen LogP contribution is -2.22. The van der Waals surface area contributed by atoms with E-state index in [0.29, 0.717) is 11.5 Å². The highest BCUT2D eigenvalue weighted by molar-refractivity contribution is 5.69. The number of anilines is 1. The second-order valence-corrected chi connectivity index (χ2v) is 5.91. The molecule has 3 rings (SSSR count). The van der Waals surface area contributed by atoms with Crippen LogP contribution in [-0.4, -0.2) is 24.2 Å². The summed E-state index contributed by atoms with van der Waals surface area (Å²) in [5, 5.41) is 9.13. The van der Waals surface area contributed by atoms with Crippen LogP contribution in [0.3, 0.4) is 0 Å². The van der Waals surface area contributed by atoms with Crippen molar-refractivity contribution in [2.45, 2.75) is 38.0 Å². The van der Waals surface area contributed by atoms with E-state index < -0.39 is 5.97 Å². The normalized spacial score (nSPS) is 20.1. The summed E-state index contributed by atoms with van der Waals surface area (Å²) in [6.45, 7) is 1.89. The van der Waals surface area contributed by atoms with Gasteiger partial charge in [0.15, 0.2) is 0 Å². The molecule has 20 heavy (non-hydrogen) atoms. The monoisotopic (exact) mass is 277 g/mol. The van der Waals surface area contributed by atoms with Gasteiger partial charge in [-0.05, 0) is 43.7 Å². The fraction of sp³-hybridized carbons (Fsp3) is 0.562. The third-order valence-corrected chi connectivity index (χ3v) is 4.43. The maximum atomic E-state index is 14.4. The average Bonchev–Trinajstić information content (AvgIpc) is 3.10. The summed E-state index contributed by atoms with van der Waals surface area (Å²) < 4.78 is 14.4.